The molecule has 8 heteroatoms. The minimum absolute atomic E-state index is 0.0686. The standard InChI is InChI=1S/C19H17FN2O5/c1-11(26-15-9-5-4-8-14(15)20)18(24)22-21-17(23)10-16-12-6-2-3-7-13(12)19(25)27-16/h2-9,11,16H,10H2,1H3,(H,21,23)(H,22,24)/t11-,16+/m0/s1. The number of benzene rings is 2. The number of rotatable bonds is 5. The summed E-state index contributed by atoms with van der Waals surface area (Å²) in [5.74, 6) is -2.35. The van der Waals surface area contributed by atoms with Gasteiger partial charge in [-0.1, -0.05) is 30.3 Å². The normalized spacial score (nSPS) is 16.1. The molecule has 0 fully saturated rings. The molecule has 1 aliphatic rings. The zero-order valence-corrected chi connectivity index (χ0v) is 14.4. The van der Waals surface area contributed by atoms with Gasteiger partial charge in [0.1, 0.15) is 6.10 Å². The van der Waals surface area contributed by atoms with E-state index in [1.54, 1.807) is 30.3 Å². The summed E-state index contributed by atoms with van der Waals surface area (Å²) in [6.45, 7) is 1.42. The lowest BCUT2D eigenvalue weighted by Crippen LogP contribution is -2.47. The number of hydrogen-bond donors (Lipinski definition) is 2. The first-order valence-corrected chi connectivity index (χ1v) is 8.25. The second kappa shape index (κ2) is 7.86. The average molecular weight is 372 g/mol. The SMILES string of the molecule is C[C@H](Oc1ccccc1F)C(=O)NNC(=O)C[C@H]1OC(=O)c2ccccc21. The van der Waals surface area contributed by atoms with E-state index < -0.39 is 35.8 Å². The molecular formula is C19H17FN2O5. The smallest absolute Gasteiger partial charge is 0.339 e. The number of ether oxygens (including phenoxy) is 2. The van der Waals surface area contributed by atoms with Crippen LogP contribution in [0, 0.1) is 5.82 Å². The van der Waals surface area contributed by atoms with Crippen LogP contribution in [-0.4, -0.2) is 23.9 Å². The predicted octanol–water partition coefficient (Wildman–Crippen LogP) is 2.04. The maximum Gasteiger partial charge on any atom is 0.339 e. The Kier molecular flexibility index (Phi) is 5.35. The van der Waals surface area contributed by atoms with Crippen LogP contribution in [0.15, 0.2) is 48.5 Å². The van der Waals surface area contributed by atoms with Crippen LogP contribution >= 0.6 is 0 Å². The number of amides is 2. The first-order chi connectivity index (χ1) is 13.0. The number of hydrogen-bond acceptors (Lipinski definition) is 5. The van der Waals surface area contributed by atoms with E-state index in [4.69, 9.17) is 9.47 Å². The highest BCUT2D eigenvalue weighted by Crippen LogP contribution is 2.32. The summed E-state index contributed by atoms with van der Waals surface area (Å²) in [4.78, 5) is 35.8. The van der Waals surface area contributed by atoms with Crippen molar-refractivity contribution in [2.24, 2.45) is 0 Å². The van der Waals surface area contributed by atoms with Gasteiger partial charge in [-0.05, 0) is 25.1 Å². The Labute approximate surface area is 154 Å². The van der Waals surface area contributed by atoms with E-state index in [-0.39, 0.29) is 12.2 Å². The number of halogens is 1. The van der Waals surface area contributed by atoms with Crippen molar-refractivity contribution in [3.63, 3.8) is 0 Å². The van der Waals surface area contributed by atoms with Crippen molar-refractivity contribution in [3.05, 3.63) is 65.5 Å². The van der Waals surface area contributed by atoms with Crippen LogP contribution in [0.5, 0.6) is 5.75 Å². The van der Waals surface area contributed by atoms with Crippen LogP contribution in [0.3, 0.4) is 0 Å². The number of nitrogens with one attached hydrogen (secondary N) is 2. The number of fused-ring (bicyclic) bond motifs is 1. The van der Waals surface area contributed by atoms with E-state index in [1.807, 2.05) is 0 Å². The zero-order valence-electron chi connectivity index (χ0n) is 14.4. The molecule has 3 rings (SSSR count). The highest BCUT2D eigenvalue weighted by Gasteiger charge is 2.32. The fourth-order valence-corrected chi connectivity index (χ4v) is 2.61. The molecule has 140 valence electrons. The Morgan fingerprint density at radius 3 is 2.63 bits per heavy atom. The molecule has 0 unspecified atom stereocenters. The quantitative estimate of drug-likeness (QED) is 0.619. The van der Waals surface area contributed by atoms with Gasteiger partial charge in [0.05, 0.1) is 12.0 Å². The highest BCUT2D eigenvalue weighted by atomic mass is 19.1. The molecule has 2 atom stereocenters. The summed E-state index contributed by atoms with van der Waals surface area (Å²) in [5.41, 5.74) is 5.49. The summed E-state index contributed by atoms with van der Waals surface area (Å²) in [6.07, 6.45) is -1.89. The highest BCUT2D eigenvalue weighted by molar-refractivity contribution is 5.94. The van der Waals surface area contributed by atoms with Crippen molar-refractivity contribution in [2.45, 2.75) is 25.6 Å². The molecule has 2 amide bonds. The maximum atomic E-state index is 13.5. The minimum atomic E-state index is -1.03. The van der Waals surface area contributed by atoms with E-state index in [9.17, 15) is 18.8 Å². The van der Waals surface area contributed by atoms with Crippen LogP contribution in [0.2, 0.25) is 0 Å². The van der Waals surface area contributed by atoms with Crippen molar-refractivity contribution in [1.29, 1.82) is 0 Å². The molecule has 0 spiro atoms. The van der Waals surface area contributed by atoms with Gasteiger partial charge >= 0.3 is 5.97 Å². The largest absolute Gasteiger partial charge is 0.478 e. The molecule has 2 aromatic carbocycles. The molecule has 7 nitrogen and oxygen atoms in total. The van der Waals surface area contributed by atoms with Crippen LogP contribution in [0.25, 0.3) is 0 Å². The molecule has 2 N–H and O–H groups in total. The molecule has 0 aliphatic carbocycles. The lowest BCUT2D eigenvalue weighted by molar-refractivity contribution is -0.133. The first-order valence-electron chi connectivity index (χ1n) is 8.25. The van der Waals surface area contributed by atoms with E-state index in [1.165, 1.54) is 25.1 Å². The fraction of sp³-hybridized carbons (Fsp3) is 0.211. The van der Waals surface area contributed by atoms with Crippen LogP contribution in [0.4, 0.5) is 4.39 Å². The topological polar surface area (TPSA) is 93.7 Å². The summed E-state index contributed by atoms with van der Waals surface area (Å²) in [7, 11) is 0. The molecule has 0 saturated carbocycles. The van der Waals surface area contributed by atoms with E-state index in [2.05, 4.69) is 10.9 Å². The summed E-state index contributed by atoms with van der Waals surface area (Å²) >= 11 is 0. The lowest BCUT2D eigenvalue weighted by Gasteiger charge is -2.16. The number of hydrazine groups is 1. The third-order valence-electron chi connectivity index (χ3n) is 3.98. The van der Waals surface area contributed by atoms with Gasteiger partial charge in [-0.25, -0.2) is 9.18 Å². The van der Waals surface area contributed by atoms with Crippen LogP contribution in [0.1, 0.15) is 35.4 Å². The van der Waals surface area contributed by atoms with Crippen molar-refractivity contribution in [2.75, 3.05) is 0 Å². The molecule has 0 aromatic heterocycles. The van der Waals surface area contributed by atoms with Crippen LogP contribution < -0.4 is 15.6 Å². The van der Waals surface area contributed by atoms with Gasteiger partial charge in [0.2, 0.25) is 5.91 Å². The Bertz CT molecular complexity index is 886. The van der Waals surface area contributed by atoms with E-state index in [0.717, 1.165) is 0 Å². The molecular weight excluding hydrogens is 355 g/mol. The van der Waals surface area contributed by atoms with Gasteiger partial charge in [-0.2, -0.15) is 0 Å². The maximum absolute atomic E-state index is 13.5. The van der Waals surface area contributed by atoms with Crippen molar-refractivity contribution < 1.29 is 28.2 Å². The van der Waals surface area contributed by atoms with Crippen molar-refractivity contribution >= 4 is 17.8 Å². The molecule has 2 aromatic rings. The third-order valence-corrected chi connectivity index (χ3v) is 3.98. The Balaban J connectivity index is 1.50. The molecule has 1 aliphatic heterocycles. The lowest BCUT2D eigenvalue weighted by atomic mass is 10.0. The molecule has 1 heterocycles. The Morgan fingerprint density at radius 2 is 1.85 bits per heavy atom. The number of para-hydroxylation sites is 1. The van der Waals surface area contributed by atoms with Gasteiger partial charge in [-0.15, -0.1) is 0 Å². The van der Waals surface area contributed by atoms with Crippen LogP contribution in [-0.2, 0) is 14.3 Å². The summed E-state index contributed by atoms with van der Waals surface area (Å²) < 4.78 is 23.9. The van der Waals surface area contributed by atoms with Crippen molar-refractivity contribution in [3.8, 4) is 5.75 Å². The van der Waals surface area contributed by atoms with Crippen molar-refractivity contribution in [1.82, 2.24) is 10.9 Å². The minimum Gasteiger partial charge on any atom is -0.478 e. The second-order valence-corrected chi connectivity index (χ2v) is 5.91. The van der Waals surface area contributed by atoms with Gasteiger partial charge in [-0.3, -0.25) is 20.4 Å². The fourth-order valence-electron chi connectivity index (χ4n) is 2.61. The number of carbonyl (C=O) groups excluding carboxylic acids is 3. The number of esters is 1. The van der Waals surface area contributed by atoms with Gasteiger partial charge < -0.3 is 9.47 Å². The molecule has 0 radical (unpaired) electrons. The van der Waals surface area contributed by atoms with Gasteiger partial charge in [0, 0.05) is 5.56 Å². The van der Waals surface area contributed by atoms with E-state index >= 15 is 0 Å². The average Bonchev–Trinajstić information content (AvgIpc) is 2.97. The number of cyclic esters (lactones) is 1. The van der Waals surface area contributed by atoms with Gasteiger partial charge in [0.25, 0.3) is 5.91 Å². The first kappa shape index (κ1) is 18.4. The molecule has 27 heavy (non-hydrogen) atoms. The molecule has 0 bridgehead atoms. The summed E-state index contributed by atoms with van der Waals surface area (Å²) in [5, 5.41) is 0. The zero-order chi connectivity index (χ0) is 19.4. The Morgan fingerprint density at radius 1 is 1.15 bits per heavy atom. The van der Waals surface area contributed by atoms with Gasteiger partial charge in [0.15, 0.2) is 17.7 Å². The summed E-state index contributed by atoms with van der Waals surface area (Å²) in [6, 6.07) is 12.5. The Hall–Kier alpha value is -3.42. The number of carbonyl (C=O) groups is 3. The molecule has 0 saturated heterocycles. The second-order valence-electron chi connectivity index (χ2n) is 5.91. The van der Waals surface area contributed by atoms with E-state index in [0.29, 0.717) is 11.1 Å². The third kappa shape index (κ3) is 4.22. The predicted molar refractivity (Wildman–Crippen MR) is 92.0 cm³/mol. The monoisotopic (exact) mass is 372 g/mol.